The van der Waals surface area contributed by atoms with E-state index in [-0.39, 0.29) is 5.91 Å². The Bertz CT molecular complexity index is 524. The Kier molecular flexibility index (Phi) is 4.49. The van der Waals surface area contributed by atoms with E-state index in [2.05, 4.69) is 15.6 Å². The monoisotopic (exact) mass is 259 g/mol. The number of para-hydroxylation sites is 1. The van der Waals surface area contributed by atoms with Gasteiger partial charge in [-0.15, -0.1) is 5.10 Å². The molecular weight excluding hydrogens is 242 g/mol. The number of aryl methyl sites for hydroxylation is 1. The molecule has 0 aliphatic carbocycles. The SMILES string of the molecule is Nc1ccccc1CC(=O)NCCCn1ccnn1. The lowest BCUT2D eigenvalue weighted by Gasteiger charge is -2.07. The van der Waals surface area contributed by atoms with Crippen molar-refractivity contribution in [3.63, 3.8) is 0 Å². The number of hydrogen-bond donors (Lipinski definition) is 2. The molecule has 6 nitrogen and oxygen atoms in total. The summed E-state index contributed by atoms with van der Waals surface area (Å²) in [5.41, 5.74) is 7.30. The minimum absolute atomic E-state index is 0.0171. The Morgan fingerprint density at radius 2 is 2.21 bits per heavy atom. The predicted molar refractivity (Wildman–Crippen MR) is 72.2 cm³/mol. The lowest BCUT2D eigenvalue weighted by atomic mass is 10.1. The van der Waals surface area contributed by atoms with Crippen LogP contribution in [0.4, 0.5) is 5.69 Å². The van der Waals surface area contributed by atoms with E-state index in [4.69, 9.17) is 5.73 Å². The quantitative estimate of drug-likeness (QED) is 0.588. The fraction of sp³-hybridized carbons (Fsp3) is 0.308. The molecule has 1 heterocycles. The largest absolute Gasteiger partial charge is 0.398 e. The number of nitrogens with two attached hydrogens (primary N) is 1. The van der Waals surface area contributed by atoms with E-state index in [0.717, 1.165) is 18.5 Å². The first-order valence-corrected chi connectivity index (χ1v) is 6.20. The summed E-state index contributed by atoms with van der Waals surface area (Å²) >= 11 is 0. The summed E-state index contributed by atoms with van der Waals surface area (Å²) in [7, 11) is 0. The van der Waals surface area contributed by atoms with E-state index in [0.29, 0.717) is 18.7 Å². The number of carbonyl (C=O) groups is 1. The number of nitrogen functional groups attached to an aromatic ring is 1. The molecule has 1 aromatic heterocycles. The molecule has 2 rings (SSSR count). The minimum atomic E-state index is -0.0171. The molecule has 0 aliphatic rings. The van der Waals surface area contributed by atoms with Gasteiger partial charge in [0, 0.05) is 25.0 Å². The second kappa shape index (κ2) is 6.53. The van der Waals surface area contributed by atoms with Gasteiger partial charge in [-0.2, -0.15) is 0 Å². The van der Waals surface area contributed by atoms with Crippen LogP contribution in [0.1, 0.15) is 12.0 Å². The second-order valence-corrected chi connectivity index (χ2v) is 4.25. The zero-order valence-corrected chi connectivity index (χ0v) is 10.6. The van der Waals surface area contributed by atoms with Gasteiger partial charge in [-0.05, 0) is 18.1 Å². The third-order valence-electron chi connectivity index (χ3n) is 2.76. The molecule has 100 valence electrons. The maximum absolute atomic E-state index is 11.7. The molecular formula is C13H17N5O. The topological polar surface area (TPSA) is 85.8 Å². The van der Waals surface area contributed by atoms with Gasteiger partial charge in [0.25, 0.3) is 0 Å². The molecule has 0 atom stereocenters. The van der Waals surface area contributed by atoms with Crippen molar-refractivity contribution in [2.45, 2.75) is 19.4 Å². The summed E-state index contributed by atoms with van der Waals surface area (Å²) in [6.45, 7) is 1.36. The Labute approximate surface area is 111 Å². The first-order chi connectivity index (χ1) is 9.25. The zero-order chi connectivity index (χ0) is 13.5. The molecule has 0 saturated carbocycles. The molecule has 1 aromatic carbocycles. The van der Waals surface area contributed by atoms with Gasteiger partial charge in [-0.3, -0.25) is 9.48 Å². The summed E-state index contributed by atoms with van der Waals surface area (Å²) in [6, 6.07) is 7.40. The van der Waals surface area contributed by atoms with E-state index < -0.39 is 0 Å². The minimum Gasteiger partial charge on any atom is -0.398 e. The Morgan fingerprint density at radius 1 is 1.37 bits per heavy atom. The summed E-state index contributed by atoms with van der Waals surface area (Å²) in [6.07, 6.45) is 4.57. The zero-order valence-electron chi connectivity index (χ0n) is 10.6. The normalized spacial score (nSPS) is 10.3. The van der Waals surface area contributed by atoms with Crippen molar-refractivity contribution in [2.75, 3.05) is 12.3 Å². The highest BCUT2D eigenvalue weighted by Crippen LogP contribution is 2.10. The van der Waals surface area contributed by atoms with Crippen LogP contribution in [0.25, 0.3) is 0 Å². The third-order valence-corrected chi connectivity index (χ3v) is 2.76. The average molecular weight is 259 g/mol. The molecule has 1 amide bonds. The molecule has 0 bridgehead atoms. The van der Waals surface area contributed by atoms with Crippen molar-refractivity contribution in [1.29, 1.82) is 0 Å². The summed E-state index contributed by atoms with van der Waals surface area (Å²) in [5, 5.41) is 10.4. The highest BCUT2D eigenvalue weighted by Gasteiger charge is 2.05. The van der Waals surface area contributed by atoms with Crippen molar-refractivity contribution >= 4 is 11.6 Å². The maximum atomic E-state index is 11.7. The van der Waals surface area contributed by atoms with E-state index in [1.165, 1.54) is 0 Å². The average Bonchev–Trinajstić information content (AvgIpc) is 2.91. The molecule has 0 radical (unpaired) electrons. The number of carbonyl (C=O) groups excluding carboxylic acids is 1. The van der Waals surface area contributed by atoms with Crippen LogP contribution < -0.4 is 11.1 Å². The standard InChI is InChI=1S/C13H17N5O/c14-12-5-2-1-4-11(12)10-13(19)15-6-3-8-18-9-7-16-17-18/h1-2,4-5,7,9H,3,6,8,10,14H2,(H,15,19). The van der Waals surface area contributed by atoms with Crippen LogP contribution in [0, 0.1) is 0 Å². The smallest absolute Gasteiger partial charge is 0.224 e. The van der Waals surface area contributed by atoms with Gasteiger partial charge in [0.05, 0.1) is 12.6 Å². The molecule has 2 aromatic rings. The molecule has 6 heteroatoms. The number of rotatable bonds is 6. The number of benzene rings is 1. The molecule has 0 unspecified atom stereocenters. The summed E-state index contributed by atoms with van der Waals surface area (Å²) < 4.78 is 1.74. The van der Waals surface area contributed by atoms with Crippen molar-refractivity contribution in [1.82, 2.24) is 20.3 Å². The third kappa shape index (κ3) is 4.09. The number of anilines is 1. The molecule has 0 saturated heterocycles. The molecule has 0 spiro atoms. The number of hydrogen-bond acceptors (Lipinski definition) is 4. The van der Waals surface area contributed by atoms with Gasteiger partial charge in [-0.25, -0.2) is 0 Å². The summed E-state index contributed by atoms with van der Waals surface area (Å²) in [5.74, 6) is -0.0171. The number of nitrogens with one attached hydrogen (secondary N) is 1. The van der Waals surface area contributed by atoms with Crippen molar-refractivity contribution in [3.05, 3.63) is 42.2 Å². The molecule has 0 aliphatic heterocycles. The maximum Gasteiger partial charge on any atom is 0.224 e. The Balaban J connectivity index is 1.69. The molecule has 3 N–H and O–H groups in total. The highest BCUT2D eigenvalue weighted by atomic mass is 16.1. The van der Waals surface area contributed by atoms with Crippen LogP contribution in [-0.4, -0.2) is 27.4 Å². The van der Waals surface area contributed by atoms with Gasteiger partial charge in [0.1, 0.15) is 0 Å². The van der Waals surface area contributed by atoms with E-state index in [1.807, 2.05) is 18.2 Å². The lowest BCUT2D eigenvalue weighted by molar-refractivity contribution is -0.120. The van der Waals surface area contributed by atoms with E-state index >= 15 is 0 Å². The second-order valence-electron chi connectivity index (χ2n) is 4.25. The van der Waals surface area contributed by atoms with Crippen molar-refractivity contribution < 1.29 is 4.79 Å². The van der Waals surface area contributed by atoms with Crippen LogP contribution in [0.3, 0.4) is 0 Å². The molecule has 19 heavy (non-hydrogen) atoms. The first kappa shape index (κ1) is 13.1. The van der Waals surface area contributed by atoms with Crippen LogP contribution >= 0.6 is 0 Å². The number of aromatic nitrogens is 3. The van der Waals surface area contributed by atoms with E-state index in [1.54, 1.807) is 23.1 Å². The Hall–Kier alpha value is -2.37. The predicted octanol–water partition coefficient (Wildman–Crippen LogP) is 0.609. The van der Waals surface area contributed by atoms with Gasteiger partial charge >= 0.3 is 0 Å². The lowest BCUT2D eigenvalue weighted by Crippen LogP contribution is -2.27. The number of amides is 1. The van der Waals surface area contributed by atoms with Crippen LogP contribution in [0.15, 0.2) is 36.7 Å². The van der Waals surface area contributed by atoms with E-state index in [9.17, 15) is 4.79 Å². The van der Waals surface area contributed by atoms with Gasteiger partial charge in [0.15, 0.2) is 0 Å². The fourth-order valence-corrected chi connectivity index (χ4v) is 1.75. The van der Waals surface area contributed by atoms with Gasteiger partial charge in [0.2, 0.25) is 5.91 Å². The Morgan fingerprint density at radius 3 is 2.95 bits per heavy atom. The number of nitrogens with zero attached hydrogens (tertiary/aromatic N) is 3. The van der Waals surface area contributed by atoms with Gasteiger partial charge in [-0.1, -0.05) is 23.4 Å². The summed E-state index contributed by atoms with van der Waals surface area (Å²) in [4.78, 5) is 11.7. The first-order valence-electron chi connectivity index (χ1n) is 6.20. The van der Waals surface area contributed by atoms with Crippen LogP contribution in [-0.2, 0) is 17.8 Å². The van der Waals surface area contributed by atoms with Crippen molar-refractivity contribution in [3.8, 4) is 0 Å². The highest BCUT2D eigenvalue weighted by molar-refractivity contribution is 5.80. The molecule has 0 fully saturated rings. The van der Waals surface area contributed by atoms with Crippen LogP contribution in [0.2, 0.25) is 0 Å². The van der Waals surface area contributed by atoms with Crippen molar-refractivity contribution in [2.24, 2.45) is 0 Å². The van der Waals surface area contributed by atoms with Gasteiger partial charge < -0.3 is 11.1 Å². The van der Waals surface area contributed by atoms with Crippen LogP contribution in [0.5, 0.6) is 0 Å². The fourth-order valence-electron chi connectivity index (χ4n) is 1.75.